The highest BCUT2D eigenvalue weighted by Gasteiger charge is 2.43. The Balaban J connectivity index is 1.53. The Labute approximate surface area is 222 Å². The number of rotatable bonds is 7. The van der Waals surface area contributed by atoms with Crippen molar-refractivity contribution in [1.82, 2.24) is 9.78 Å². The van der Waals surface area contributed by atoms with Crippen LogP contribution in [0.4, 0.5) is 5.69 Å². The lowest BCUT2D eigenvalue weighted by atomic mass is 9.69. The van der Waals surface area contributed by atoms with Gasteiger partial charge in [-0.25, -0.2) is 13.1 Å². The maximum Gasteiger partial charge on any atom is 0.277 e. The van der Waals surface area contributed by atoms with E-state index >= 15 is 0 Å². The minimum Gasteiger partial charge on any atom is -0.497 e. The summed E-state index contributed by atoms with van der Waals surface area (Å²) in [5.41, 5.74) is 8.40. The molecule has 0 radical (unpaired) electrons. The fourth-order valence-corrected chi connectivity index (χ4v) is 6.88. The Morgan fingerprint density at radius 3 is 2.21 bits per heavy atom. The van der Waals surface area contributed by atoms with Gasteiger partial charge in [0.1, 0.15) is 11.4 Å². The summed E-state index contributed by atoms with van der Waals surface area (Å²) in [5.74, 6) is -0.276. The Morgan fingerprint density at radius 2 is 1.66 bits per heavy atom. The number of aromatic nitrogens is 2. The van der Waals surface area contributed by atoms with Gasteiger partial charge >= 0.3 is 0 Å². The van der Waals surface area contributed by atoms with Crippen LogP contribution < -0.4 is 15.4 Å². The predicted molar refractivity (Wildman–Crippen MR) is 144 cm³/mol. The van der Waals surface area contributed by atoms with Crippen LogP contribution in [0.25, 0.3) is 5.69 Å². The molecule has 10 heteroatoms. The average molecular weight is 537 g/mol. The van der Waals surface area contributed by atoms with Crippen LogP contribution in [-0.2, 0) is 26.5 Å². The topological polar surface area (TPSA) is 125 Å². The van der Waals surface area contributed by atoms with Crippen LogP contribution in [0.1, 0.15) is 54.2 Å². The van der Waals surface area contributed by atoms with Gasteiger partial charge in [-0.15, -0.1) is 0 Å². The molecule has 38 heavy (non-hydrogen) atoms. The molecule has 2 aliphatic rings. The number of carbonyl (C=O) groups excluding carboxylic acids is 2. The molecule has 2 amide bonds. The van der Waals surface area contributed by atoms with Gasteiger partial charge in [0.2, 0.25) is 5.91 Å². The standard InChI is InChI=1S/C28H32N4O5S/c1-18(25(29)33)28(15-4-5-16-28)19-6-8-20(9-7-19)31-17-14-23-24(27(31)34)32(30-26(23)38(3,35)36)21-10-12-22(37-2)13-11-21/h6-13,18H,4-5,14-17H2,1-3H3,(H2,29,33). The molecular weight excluding hydrogens is 504 g/mol. The second kappa shape index (κ2) is 9.58. The maximum atomic E-state index is 13.9. The second-order valence-corrected chi connectivity index (χ2v) is 12.2. The first kappa shape index (κ1) is 26.0. The molecule has 3 aromatic rings. The van der Waals surface area contributed by atoms with Crippen LogP contribution in [0.5, 0.6) is 5.75 Å². The van der Waals surface area contributed by atoms with Crippen molar-refractivity contribution < 1.29 is 22.7 Å². The van der Waals surface area contributed by atoms with E-state index in [2.05, 4.69) is 5.10 Å². The first-order valence-electron chi connectivity index (χ1n) is 12.7. The molecule has 1 aliphatic carbocycles. The van der Waals surface area contributed by atoms with E-state index in [1.807, 2.05) is 31.2 Å². The summed E-state index contributed by atoms with van der Waals surface area (Å²) in [7, 11) is -2.09. The van der Waals surface area contributed by atoms with E-state index in [0.29, 0.717) is 35.7 Å². The van der Waals surface area contributed by atoms with E-state index in [4.69, 9.17) is 10.5 Å². The van der Waals surface area contributed by atoms with E-state index in [-0.39, 0.29) is 33.9 Å². The fourth-order valence-electron chi connectivity index (χ4n) is 6.01. The van der Waals surface area contributed by atoms with Crippen LogP contribution in [-0.4, -0.2) is 49.9 Å². The van der Waals surface area contributed by atoms with Crippen molar-refractivity contribution in [2.45, 2.75) is 49.5 Å². The summed E-state index contributed by atoms with van der Waals surface area (Å²) in [5, 5.41) is 4.30. The lowest BCUT2D eigenvalue weighted by Gasteiger charge is -2.35. The number of sulfone groups is 1. The van der Waals surface area contributed by atoms with E-state index in [9.17, 15) is 18.0 Å². The van der Waals surface area contributed by atoms with Crippen LogP contribution in [0.3, 0.4) is 0 Å². The Kier molecular flexibility index (Phi) is 6.54. The van der Waals surface area contributed by atoms with E-state index < -0.39 is 9.84 Å². The zero-order valence-corrected chi connectivity index (χ0v) is 22.6. The quantitative estimate of drug-likeness (QED) is 0.493. The molecule has 2 N–H and O–H groups in total. The summed E-state index contributed by atoms with van der Waals surface area (Å²) in [6, 6.07) is 14.7. The number of nitrogens with two attached hydrogens (primary N) is 1. The van der Waals surface area contributed by atoms with Gasteiger partial charge in [0.15, 0.2) is 14.9 Å². The van der Waals surface area contributed by atoms with Gasteiger partial charge in [0.25, 0.3) is 5.91 Å². The van der Waals surface area contributed by atoms with Crippen molar-refractivity contribution in [2.24, 2.45) is 11.7 Å². The molecule has 0 spiro atoms. The molecule has 200 valence electrons. The number of nitrogens with zero attached hydrogens (tertiary/aromatic N) is 3. The maximum absolute atomic E-state index is 13.9. The van der Waals surface area contributed by atoms with Crippen LogP contribution >= 0.6 is 0 Å². The number of anilines is 1. The smallest absolute Gasteiger partial charge is 0.277 e. The van der Waals surface area contributed by atoms with Crippen LogP contribution in [0, 0.1) is 5.92 Å². The van der Waals surface area contributed by atoms with E-state index in [1.54, 1.807) is 36.3 Å². The minimum atomic E-state index is -3.65. The van der Waals surface area contributed by atoms with Gasteiger partial charge in [-0.3, -0.25) is 9.59 Å². The van der Waals surface area contributed by atoms with E-state index in [1.165, 1.54) is 4.68 Å². The SMILES string of the molecule is COc1ccc(-n2nc(S(C)(=O)=O)c3c2C(=O)N(c2ccc(C4(C(C)C(N)=O)CCCC4)cc2)CC3)cc1. The van der Waals surface area contributed by atoms with Crippen LogP contribution in [0.15, 0.2) is 53.6 Å². The highest BCUT2D eigenvalue weighted by Crippen LogP contribution is 2.47. The van der Waals surface area contributed by atoms with Crippen molar-refractivity contribution in [1.29, 1.82) is 0 Å². The molecule has 5 rings (SSSR count). The number of hydrogen-bond donors (Lipinski definition) is 1. The third-order valence-corrected chi connectivity index (χ3v) is 9.18. The van der Waals surface area contributed by atoms with Gasteiger partial charge in [0, 0.05) is 35.4 Å². The molecule has 9 nitrogen and oxygen atoms in total. The lowest BCUT2D eigenvalue weighted by molar-refractivity contribution is -0.123. The molecule has 1 aromatic heterocycles. The second-order valence-electron chi connectivity index (χ2n) is 10.3. The number of benzene rings is 2. The van der Waals surface area contributed by atoms with Gasteiger partial charge < -0.3 is 15.4 Å². The zero-order chi connectivity index (χ0) is 27.2. The molecule has 2 aromatic carbocycles. The number of ether oxygens (including phenoxy) is 1. The Morgan fingerprint density at radius 1 is 1.05 bits per heavy atom. The molecule has 2 heterocycles. The lowest BCUT2D eigenvalue weighted by Crippen LogP contribution is -2.40. The normalized spacial score (nSPS) is 17.8. The summed E-state index contributed by atoms with van der Waals surface area (Å²) >= 11 is 0. The predicted octanol–water partition coefficient (Wildman–Crippen LogP) is 3.42. The molecule has 0 bridgehead atoms. The molecule has 1 atom stereocenters. The van der Waals surface area contributed by atoms with Crippen molar-refractivity contribution in [3.8, 4) is 11.4 Å². The average Bonchev–Trinajstić information content (AvgIpc) is 3.55. The number of amides is 2. The zero-order valence-electron chi connectivity index (χ0n) is 21.8. The van der Waals surface area contributed by atoms with Gasteiger partial charge in [-0.1, -0.05) is 31.9 Å². The molecule has 1 saturated carbocycles. The third-order valence-electron chi connectivity index (χ3n) is 8.15. The monoisotopic (exact) mass is 536 g/mol. The van der Waals surface area contributed by atoms with Gasteiger partial charge in [-0.2, -0.15) is 5.10 Å². The van der Waals surface area contributed by atoms with E-state index in [0.717, 1.165) is 37.5 Å². The molecule has 1 aliphatic heterocycles. The highest BCUT2D eigenvalue weighted by molar-refractivity contribution is 7.90. The summed E-state index contributed by atoms with van der Waals surface area (Å²) in [6.07, 6.45) is 5.35. The summed E-state index contributed by atoms with van der Waals surface area (Å²) in [6.45, 7) is 2.22. The third kappa shape index (κ3) is 4.26. The largest absolute Gasteiger partial charge is 0.497 e. The Bertz CT molecular complexity index is 1490. The number of carbonyl (C=O) groups is 2. The van der Waals surface area contributed by atoms with Crippen molar-refractivity contribution >= 4 is 27.3 Å². The first-order chi connectivity index (χ1) is 18.1. The number of fused-ring (bicyclic) bond motifs is 1. The van der Waals surface area contributed by atoms with Crippen molar-refractivity contribution in [2.75, 3.05) is 24.8 Å². The number of primary amides is 1. The molecule has 1 fully saturated rings. The molecular formula is C28H32N4O5S. The van der Waals surface area contributed by atoms with Gasteiger partial charge in [0.05, 0.1) is 12.8 Å². The number of methoxy groups -OCH3 is 1. The van der Waals surface area contributed by atoms with Crippen molar-refractivity contribution in [3.05, 3.63) is 65.4 Å². The van der Waals surface area contributed by atoms with Gasteiger partial charge in [-0.05, 0) is 61.2 Å². The molecule has 0 saturated heterocycles. The summed E-state index contributed by atoms with van der Waals surface area (Å²) in [4.78, 5) is 27.6. The minimum absolute atomic E-state index is 0.0738. The van der Waals surface area contributed by atoms with Crippen molar-refractivity contribution in [3.63, 3.8) is 0 Å². The molecule has 1 unspecified atom stereocenters. The summed E-state index contributed by atoms with van der Waals surface area (Å²) < 4.78 is 31.7. The highest BCUT2D eigenvalue weighted by atomic mass is 32.2. The Hall–Kier alpha value is -3.66. The van der Waals surface area contributed by atoms with Crippen LogP contribution in [0.2, 0.25) is 0 Å². The fraction of sp³-hybridized carbons (Fsp3) is 0.393. The first-order valence-corrected chi connectivity index (χ1v) is 14.6. The number of hydrogen-bond acceptors (Lipinski definition) is 6.